The number of carbonyl (C=O) groups is 2. The summed E-state index contributed by atoms with van der Waals surface area (Å²) in [6, 6.07) is 9.51. The van der Waals surface area contributed by atoms with Crippen molar-refractivity contribution in [3.63, 3.8) is 0 Å². The average molecular weight is 285 g/mol. The molecule has 1 aromatic heterocycles. The Morgan fingerprint density at radius 3 is 2.67 bits per heavy atom. The van der Waals surface area contributed by atoms with Crippen LogP contribution in [0.2, 0.25) is 0 Å². The van der Waals surface area contributed by atoms with E-state index in [2.05, 4.69) is 5.10 Å². The number of hydrogen-bond donors (Lipinski definition) is 1. The molecule has 0 bridgehead atoms. The molecular formula is C15H15N3O3. The van der Waals surface area contributed by atoms with E-state index in [1.54, 1.807) is 15.8 Å². The Hall–Kier alpha value is -2.63. The van der Waals surface area contributed by atoms with Gasteiger partial charge in [-0.3, -0.25) is 9.59 Å². The molecule has 1 saturated heterocycles. The Balaban J connectivity index is 1.75. The molecule has 21 heavy (non-hydrogen) atoms. The van der Waals surface area contributed by atoms with E-state index < -0.39 is 11.9 Å². The van der Waals surface area contributed by atoms with Gasteiger partial charge in [0, 0.05) is 19.3 Å². The molecule has 1 aliphatic heterocycles. The van der Waals surface area contributed by atoms with Gasteiger partial charge in [0.1, 0.15) is 0 Å². The molecule has 1 atom stereocenters. The highest BCUT2D eigenvalue weighted by Gasteiger charge is 2.31. The summed E-state index contributed by atoms with van der Waals surface area (Å²) in [6.45, 7) is 0.747. The lowest BCUT2D eigenvalue weighted by Gasteiger charge is -2.14. The largest absolute Gasteiger partial charge is 0.481 e. The number of carboxylic acids is 1. The first-order chi connectivity index (χ1) is 10.1. The van der Waals surface area contributed by atoms with Crippen LogP contribution in [0.5, 0.6) is 0 Å². The summed E-state index contributed by atoms with van der Waals surface area (Å²) in [5.74, 6) is -1.47. The summed E-state index contributed by atoms with van der Waals surface area (Å²) in [7, 11) is 0. The van der Waals surface area contributed by atoms with Crippen molar-refractivity contribution in [2.24, 2.45) is 5.92 Å². The van der Waals surface area contributed by atoms with Crippen LogP contribution in [0.15, 0.2) is 42.7 Å². The summed E-state index contributed by atoms with van der Waals surface area (Å²) >= 11 is 0. The molecular weight excluding hydrogens is 270 g/mol. The molecule has 0 spiro atoms. The normalized spacial score (nSPS) is 17.9. The van der Waals surface area contributed by atoms with Gasteiger partial charge in [-0.05, 0) is 18.6 Å². The van der Waals surface area contributed by atoms with Gasteiger partial charge in [0.15, 0.2) is 0 Å². The summed E-state index contributed by atoms with van der Waals surface area (Å²) in [4.78, 5) is 24.9. The Bertz CT molecular complexity index is 666. The zero-order valence-corrected chi connectivity index (χ0v) is 11.3. The fourth-order valence-corrected chi connectivity index (χ4v) is 2.48. The van der Waals surface area contributed by atoms with Crippen LogP contribution in [-0.4, -0.2) is 44.8 Å². The van der Waals surface area contributed by atoms with Crippen LogP contribution < -0.4 is 0 Å². The van der Waals surface area contributed by atoms with Crippen LogP contribution in [0.4, 0.5) is 0 Å². The average Bonchev–Trinajstić information content (AvgIpc) is 3.17. The van der Waals surface area contributed by atoms with Crippen LogP contribution in [0.25, 0.3) is 5.69 Å². The number of aliphatic carboxylic acids is 1. The topological polar surface area (TPSA) is 75.4 Å². The highest BCUT2D eigenvalue weighted by atomic mass is 16.4. The number of carboxylic acid groups (broad SMARTS) is 1. The minimum Gasteiger partial charge on any atom is -0.481 e. The standard InChI is InChI=1S/C15H15N3O3/c19-14(17-7-6-11(9-17)15(20)21)12-8-16-18(10-12)13-4-2-1-3-5-13/h1-5,8,10-11H,6-7,9H2,(H,20,21). The lowest BCUT2D eigenvalue weighted by molar-refractivity contribution is -0.141. The van der Waals surface area contributed by atoms with Gasteiger partial charge >= 0.3 is 5.97 Å². The number of para-hydroxylation sites is 1. The third-order valence-electron chi connectivity index (χ3n) is 3.67. The summed E-state index contributed by atoms with van der Waals surface area (Å²) in [5, 5.41) is 13.2. The van der Waals surface area contributed by atoms with Gasteiger partial charge in [-0.15, -0.1) is 0 Å². The van der Waals surface area contributed by atoms with Crippen molar-refractivity contribution in [2.75, 3.05) is 13.1 Å². The van der Waals surface area contributed by atoms with E-state index in [4.69, 9.17) is 5.11 Å². The number of aromatic nitrogens is 2. The molecule has 1 unspecified atom stereocenters. The Morgan fingerprint density at radius 2 is 2.00 bits per heavy atom. The van der Waals surface area contributed by atoms with Gasteiger partial charge in [0.2, 0.25) is 0 Å². The first kappa shape index (κ1) is 13.4. The summed E-state index contributed by atoms with van der Waals surface area (Å²) < 4.78 is 1.64. The Labute approximate surface area is 121 Å². The van der Waals surface area contributed by atoms with Crippen LogP contribution in [-0.2, 0) is 4.79 Å². The van der Waals surface area contributed by atoms with E-state index in [-0.39, 0.29) is 12.5 Å². The van der Waals surface area contributed by atoms with Gasteiger partial charge in [-0.1, -0.05) is 18.2 Å². The lowest BCUT2D eigenvalue weighted by Crippen LogP contribution is -2.29. The van der Waals surface area contributed by atoms with Crippen molar-refractivity contribution in [3.8, 4) is 5.69 Å². The molecule has 0 saturated carbocycles. The number of rotatable bonds is 3. The fraction of sp³-hybridized carbons (Fsp3) is 0.267. The molecule has 108 valence electrons. The number of amides is 1. The molecule has 2 heterocycles. The second-order valence-corrected chi connectivity index (χ2v) is 5.08. The van der Waals surface area contributed by atoms with Crippen LogP contribution >= 0.6 is 0 Å². The summed E-state index contributed by atoms with van der Waals surface area (Å²) in [5.41, 5.74) is 1.35. The fourth-order valence-electron chi connectivity index (χ4n) is 2.48. The molecule has 2 aromatic rings. The van der Waals surface area contributed by atoms with E-state index >= 15 is 0 Å². The second-order valence-electron chi connectivity index (χ2n) is 5.08. The molecule has 6 nitrogen and oxygen atoms in total. The van der Waals surface area contributed by atoms with Crippen molar-refractivity contribution in [3.05, 3.63) is 48.3 Å². The highest BCUT2D eigenvalue weighted by Crippen LogP contribution is 2.19. The number of hydrogen-bond acceptors (Lipinski definition) is 3. The number of carbonyl (C=O) groups excluding carboxylic acids is 1. The quantitative estimate of drug-likeness (QED) is 0.925. The van der Waals surface area contributed by atoms with Gasteiger partial charge in [0.05, 0.1) is 23.4 Å². The zero-order valence-electron chi connectivity index (χ0n) is 11.3. The van der Waals surface area contributed by atoms with E-state index in [1.807, 2.05) is 30.3 Å². The van der Waals surface area contributed by atoms with Crippen molar-refractivity contribution < 1.29 is 14.7 Å². The molecule has 1 N–H and O–H groups in total. The third-order valence-corrected chi connectivity index (χ3v) is 3.67. The Kier molecular flexibility index (Phi) is 3.43. The summed E-state index contributed by atoms with van der Waals surface area (Å²) in [6.07, 6.45) is 3.70. The number of likely N-dealkylation sites (tertiary alicyclic amines) is 1. The van der Waals surface area contributed by atoms with E-state index in [0.717, 1.165) is 5.69 Å². The predicted octanol–water partition coefficient (Wildman–Crippen LogP) is 1.42. The molecule has 6 heteroatoms. The van der Waals surface area contributed by atoms with Crippen LogP contribution in [0, 0.1) is 5.92 Å². The molecule has 1 aliphatic rings. The van der Waals surface area contributed by atoms with Crippen molar-refractivity contribution in [2.45, 2.75) is 6.42 Å². The number of nitrogens with zero attached hydrogens (tertiary/aromatic N) is 3. The first-order valence-corrected chi connectivity index (χ1v) is 6.77. The maximum Gasteiger partial charge on any atom is 0.308 e. The van der Waals surface area contributed by atoms with Gasteiger partial charge in [-0.2, -0.15) is 5.10 Å². The minimum absolute atomic E-state index is 0.166. The van der Waals surface area contributed by atoms with E-state index in [1.165, 1.54) is 6.20 Å². The monoisotopic (exact) mass is 285 g/mol. The van der Waals surface area contributed by atoms with E-state index in [0.29, 0.717) is 18.5 Å². The van der Waals surface area contributed by atoms with Crippen LogP contribution in [0.3, 0.4) is 0 Å². The first-order valence-electron chi connectivity index (χ1n) is 6.77. The molecule has 1 fully saturated rings. The van der Waals surface area contributed by atoms with Crippen LogP contribution in [0.1, 0.15) is 16.8 Å². The Morgan fingerprint density at radius 1 is 1.24 bits per heavy atom. The van der Waals surface area contributed by atoms with E-state index in [9.17, 15) is 9.59 Å². The minimum atomic E-state index is -0.842. The molecule has 3 rings (SSSR count). The van der Waals surface area contributed by atoms with Crippen molar-refractivity contribution >= 4 is 11.9 Å². The second kappa shape index (κ2) is 5.40. The molecule has 0 radical (unpaired) electrons. The maximum atomic E-state index is 12.3. The van der Waals surface area contributed by atoms with Gasteiger partial charge in [0.25, 0.3) is 5.91 Å². The zero-order chi connectivity index (χ0) is 14.8. The maximum absolute atomic E-state index is 12.3. The molecule has 1 amide bonds. The smallest absolute Gasteiger partial charge is 0.308 e. The predicted molar refractivity (Wildman–Crippen MR) is 75.2 cm³/mol. The van der Waals surface area contributed by atoms with Crippen molar-refractivity contribution in [1.29, 1.82) is 0 Å². The van der Waals surface area contributed by atoms with Crippen molar-refractivity contribution in [1.82, 2.24) is 14.7 Å². The molecule has 0 aliphatic carbocycles. The lowest BCUT2D eigenvalue weighted by atomic mass is 10.1. The van der Waals surface area contributed by atoms with Gasteiger partial charge < -0.3 is 10.0 Å². The number of benzene rings is 1. The van der Waals surface area contributed by atoms with Gasteiger partial charge in [-0.25, -0.2) is 4.68 Å². The highest BCUT2D eigenvalue weighted by molar-refractivity contribution is 5.94. The SMILES string of the molecule is O=C(O)C1CCN(C(=O)c2cnn(-c3ccccc3)c2)C1. The molecule has 1 aromatic carbocycles. The third kappa shape index (κ3) is 2.65.